The van der Waals surface area contributed by atoms with Crippen molar-refractivity contribution in [1.82, 2.24) is 5.43 Å². The van der Waals surface area contributed by atoms with Gasteiger partial charge in [0.15, 0.2) is 11.5 Å². The summed E-state index contributed by atoms with van der Waals surface area (Å²) in [6, 6.07) is 10.6. The molecular formula is C19H20N4O6. The molecule has 0 heterocycles. The van der Waals surface area contributed by atoms with E-state index >= 15 is 0 Å². The van der Waals surface area contributed by atoms with E-state index in [1.165, 1.54) is 44.7 Å². The Kier molecular flexibility index (Phi) is 7.66. The first-order valence-electron chi connectivity index (χ1n) is 8.51. The molecule has 2 aromatic rings. The van der Waals surface area contributed by atoms with E-state index in [2.05, 4.69) is 15.8 Å². The predicted molar refractivity (Wildman–Crippen MR) is 106 cm³/mol. The third-order valence-electron chi connectivity index (χ3n) is 3.75. The van der Waals surface area contributed by atoms with Crippen LogP contribution in [0, 0.1) is 10.1 Å². The van der Waals surface area contributed by atoms with Crippen molar-refractivity contribution < 1.29 is 24.0 Å². The number of nitro benzene ring substituents is 1. The second-order valence-electron chi connectivity index (χ2n) is 5.76. The normalized spacial score (nSPS) is 10.4. The zero-order valence-corrected chi connectivity index (χ0v) is 15.9. The summed E-state index contributed by atoms with van der Waals surface area (Å²) in [4.78, 5) is 33.8. The summed E-state index contributed by atoms with van der Waals surface area (Å²) in [5.41, 5.74) is 3.37. The minimum Gasteiger partial charge on any atom is -0.493 e. The van der Waals surface area contributed by atoms with Crippen molar-refractivity contribution in [1.29, 1.82) is 0 Å². The second kappa shape index (κ2) is 10.4. The number of methoxy groups -OCH3 is 2. The molecule has 0 aliphatic rings. The highest BCUT2D eigenvalue weighted by atomic mass is 16.6. The topological polar surface area (TPSA) is 132 Å². The molecule has 0 fully saturated rings. The first kappa shape index (κ1) is 21.4. The number of nitrogens with one attached hydrogen (secondary N) is 2. The first-order chi connectivity index (χ1) is 13.9. The van der Waals surface area contributed by atoms with Crippen LogP contribution in [-0.2, 0) is 9.59 Å². The van der Waals surface area contributed by atoms with Gasteiger partial charge in [-0.05, 0) is 35.9 Å². The van der Waals surface area contributed by atoms with Gasteiger partial charge in [-0.2, -0.15) is 5.10 Å². The molecule has 0 atom stereocenters. The van der Waals surface area contributed by atoms with E-state index in [4.69, 9.17) is 9.47 Å². The molecule has 2 rings (SSSR count). The summed E-state index contributed by atoms with van der Waals surface area (Å²) < 4.78 is 10.3. The van der Waals surface area contributed by atoms with Gasteiger partial charge in [0.2, 0.25) is 11.8 Å². The Morgan fingerprint density at radius 2 is 1.69 bits per heavy atom. The molecule has 2 N–H and O–H groups in total. The van der Waals surface area contributed by atoms with E-state index in [0.717, 1.165) is 0 Å². The maximum absolute atomic E-state index is 11.9. The van der Waals surface area contributed by atoms with Crippen molar-refractivity contribution in [3.05, 3.63) is 58.1 Å². The maximum Gasteiger partial charge on any atom is 0.269 e. The number of rotatable bonds is 9. The average molecular weight is 400 g/mol. The summed E-state index contributed by atoms with van der Waals surface area (Å²) in [6.45, 7) is 0. The number of nitrogens with zero attached hydrogens (tertiary/aromatic N) is 2. The predicted octanol–water partition coefficient (Wildman–Crippen LogP) is 2.48. The lowest BCUT2D eigenvalue weighted by Crippen LogP contribution is -2.20. The highest BCUT2D eigenvalue weighted by Gasteiger charge is 2.09. The minimum absolute atomic E-state index is 0.0608. The molecular weight excluding hydrogens is 380 g/mol. The van der Waals surface area contributed by atoms with Crippen LogP contribution in [-0.4, -0.2) is 37.2 Å². The smallest absolute Gasteiger partial charge is 0.269 e. The van der Waals surface area contributed by atoms with E-state index in [0.29, 0.717) is 22.7 Å². The Morgan fingerprint density at radius 1 is 1.03 bits per heavy atom. The lowest BCUT2D eigenvalue weighted by Gasteiger charge is -2.07. The zero-order valence-electron chi connectivity index (χ0n) is 15.9. The van der Waals surface area contributed by atoms with Crippen molar-refractivity contribution in [2.45, 2.75) is 12.8 Å². The molecule has 0 aliphatic heterocycles. The van der Waals surface area contributed by atoms with Crippen molar-refractivity contribution in [3.63, 3.8) is 0 Å². The number of hydrazone groups is 1. The number of benzene rings is 2. The van der Waals surface area contributed by atoms with Crippen molar-refractivity contribution in [2.75, 3.05) is 19.5 Å². The SMILES string of the molecule is COc1ccc(/C=N\NC(=O)CCC(=O)Nc2ccc([N+](=O)[O-])cc2)cc1OC. The number of amides is 2. The van der Waals surface area contributed by atoms with E-state index in [9.17, 15) is 19.7 Å². The molecule has 0 spiro atoms. The number of ether oxygens (including phenoxy) is 2. The fraction of sp³-hybridized carbons (Fsp3) is 0.211. The molecule has 10 heteroatoms. The van der Waals surface area contributed by atoms with E-state index in [1.807, 2.05) is 0 Å². The molecule has 0 radical (unpaired) electrons. The van der Waals surface area contributed by atoms with Crippen LogP contribution in [0.1, 0.15) is 18.4 Å². The highest BCUT2D eigenvalue weighted by molar-refractivity contribution is 5.93. The number of carbonyl (C=O) groups excluding carboxylic acids is 2. The maximum atomic E-state index is 11.9. The van der Waals surface area contributed by atoms with Gasteiger partial charge < -0.3 is 14.8 Å². The molecule has 0 saturated carbocycles. The molecule has 0 bridgehead atoms. The number of hydrogen-bond acceptors (Lipinski definition) is 7. The summed E-state index contributed by atoms with van der Waals surface area (Å²) >= 11 is 0. The third-order valence-corrected chi connectivity index (χ3v) is 3.75. The molecule has 0 saturated heterocycles. The van der Waals surface area contributed by atoms with Gasteiger partial charge >= 0.3 is 0 Å². The van der Waals surface area contributed by atoms with Gasteiger partial charge in [0.25, 0.3) is 5.69 Å². The van der Waals surface area contributed by atoms with E-state index < -0.39 is 16.7 Å². The van der Waals surface area contributed by atoms with Gasteiger partial charge in [-0.15, -0.1) is 0 Å². The molecule has 2 aromatic carbocycles. The van der Waals surface area contributed by atoms with Crippen LogP contribution < -0.4 is 20.2 Å². The Morgan fingerprint density at radius 3 is 2.31 bits per heavy atom. The lowest BCUT2D eigenvalue weighted by molar-refractivity contribution is -0.384. The number of hydrogen-bond donors (Lipinski definition) is 2. The van der Waals surface area contributed by atoms with Crippen LogP contribution >= 0.6 is 0 Å². The van der Waals surface area contributed by atoms with E-state index in [1.54, 1.807) is 18.2 Å². The number of non-ortho nitro benzene ring substituents is 1. The van der Waals surface area contributed by atoms with Gasteiger partial charge in [0.1, 0.15) is 0 Å². The molecule has 152 valence electrons. The van der Waals surface area contributed by atoms with Gasteiger partial charge in [0, 0.05) is 30.7 Å². The molecule has 0 aliphatic carbocycles. The van der Waals surface area contributed by atoms with Crippen LogP contribution in [0.15, 0.2) is 47.6 Å². The average Bonchev–Trinajstić information content (AvgIpc) is 2.72. The van der Waals surface area contributed by atoms with Gasteiger partial charge in [-0.1, -0.05) is 0 Å². The van der Waals surface area contributed by atoms with Crippen LogP contribution in [0.2, 0.25) is 0 Å². The summed E-state index contributed by atoms with van der Waals surface area (Å²) in [7, 11) is 3.05. The van der Waals surface area contributed by atoms with Crippen LogP contribution in [0.3, 0.4) is 0 Å². The van der Waals surface area contributed by atoms with E-state index in [-0.39, 0.29) is 18.5 Å². The third kappa shape index (κ3) is 6.61. The summed E-state index contributed by atoms with van der Waals surface area (Å²) in [6.07, 6.45) is 1.31. The Labute approximate surface area is 166 Å². The Bertz CT molecular complexity index is 911. The minimum atomic E-state index is -0.529. The molecule has 29 heavy (non-hydrogen) atoms. The lowest BCUT2D eigenvalue weighted by atomic mass is 10.2. The molecule has 0 aromatic heterocycles. The molecule has 0 unspecified atom stereocenters. The summed E-state index contributed by atoms with van der Waals surface area (Å²) in [5, 5.41) is 17.0. The monoisotopic (exact) mass is 400 g/mol. The quantitative estimate of drug-likeness (QED) is 0.377. The first-order valence-corrected chi connectivity index (χ1v) is 8.51. The standard InChI is InChI=1S/C19H20N4O6/c1-28-16-8-3-13(11-17(16)29-2)12-20-22-19(25)10-9-18(24)21-14-4-6-15(7-5-14)23(26)27/h3-8,11-12H,9-10H2,1-2H3,(H,21,24)(H,22,25)/b20-12-. The number of carbonyl (C=O) groups is 2. The Balaban J connectivity index is 1.78. The van der Waals surface area contributed by atoms with Crippen molar-refractivity contribution in [2.24, 2.45) is 5.10 Å². The number of nitro groups is 1. The van der Waals surface area contributed by atoms with Crippen LogP contribution in [0.4, 0.5) is 11.4 Å². The summed E-state index contributed by atoms with van der Waals surface area (Å²) in [5.74, 6) is 0.289. The molecule has 2 amide bonds. The van der Waals surface area contributed by atoms with Crippen LogP contribution in [0.5, 0.6) is 11.5 Å². The highest BCUT2D eigenvalue weighted by Crippen LogP contribution is 2.26. The second-order valence-corrected chi connectivity index (χ2v) is 5.76. The van der Waals surface area contributed by atoms with Crippen molar-refractivity contribution in [3.8, 4) is 11.5 Å². The fourth-order valence-electron chi connectivity index (χ4n) is 2.28. The largest absolute Gasteiger partial charge is 0.493 e. The molecule has 10 nitrogen and oxygen atoms in total. The van der Waals surface area contributed by atoms with Crippen molar-refractivity contribution >= 4 is 29.4 Å². The zero-order chi connectivity index (χ0) is 21.2. The van der Waals surface area contributed by atoms with Gasteiger partial charge in [-0.25, -0.2) is 5.43 Å². The van der Waals surface area contributed by atoms with Crippen LogP contribution in [0.25, 0.3) is 0 Å². The Hall–Kier alpha value is -3.95. The van der Waals surface area contributed by atoms with Gasteiger partial charge in [-0.3, -0.25) is 19.7 Å². The number of anilines is 1. The fourth-order valence-corrected chi connectivity index (χ4v) is 2.28. The van der Waals surface area contributed by atoms with Gasteiger partial charge in [0.05, 0.1) is 25.4 Å².